The number of benzene rings is 2. The van der Waals surface area contributed by atoms with Crippen LogP contribution >= 0.6 is 0 Å². The van der Waals surface area contributed by atoms with E-state index in [1.807, 2.05) is 48.5 Å². The largest absolute Gasteiger partial charge is 0.370 e. The summed E-state index contributed by atoms with van der Waals surface area (Å²) < 4.78 is 10.7. The molecule has 33 heavy (non-hydrogen) atoms. The van der Waals surface area contributed by atoms with E-state index < -0.39 is 0 Å². The Kier molecular flexibility index (Phi) is 8.43. The molecule has 176 valence electrons. The summed E-state index contributed by atoms with van der Waals surface area (Å²) >= 11 is 0. The Balaban J connectivity index is 1.22. The molecule has 0 atom stereocenters. The standard InChI is InChI=1S/C25H32N4O4/c30-24(18-28-9-13-32-14-10-28)26-22-5-1-20(2-6-22)17-21-3-7-23(8-4-21)27-25(31)19-29-11-15-33-16-12-29/h1-8H,9-19H2,(H,26,30)(H,27,31)/p+2. The summed E-state index contributed by atoms with van der Waals surface area (Å²) in [5.41, 5.74) is 3.97. The summed E-state index contributed by atoms with van der Waals surface area (Å²) in [4.78, 5) is 27.1. The van der Waals surface area contributed by atoms with Gasteiger partial charge in [-0.2, -0.15) is 0 Å². The van der Waals surface area contributed by atoms with Gasteiger partial charge in [0.05, 0.1) is 26.4 Å². The number of carbonyl (C=O) groups is 2. The molecule has 0 unspecified atom stereocenters. The molecule has 0 aromatic heterocycles. The minimum absolute atomic E-state index is 0.0347. The van der Waals surface area contributed by atoms with E-state index in [2.05, 4.69) is 10.6 Å². The first-order valence-electron chi connectivity index (χ1n) is 11.7. The van der Waals surface area contributed by atoms with Crippen molar-refractivity contribution >= 4 is 23.2 Å². The van der Waals surface area contributed by atoms with Crippen molar-refractivity contribution in [1.82, 2.24) is 0 Å². The Morgan fingerprint density at radius 3 is 1.36 bits per heavy atom. The Labute approximate surface area is 194 Å². The van der Waals surface area contributed by atoms with Crippen molar-refractivity contribution in [3.63, 3.8) is 0 Å². The highest BCUT2D eigenvalue weighted by atomic mass is 16.5. The van der Waals surface area contributed by atoms with E-state index in [4.69, 9.17) is 9.47 Å². The molecule has 0 radical (unpaired) electrons. The zero-order valence-corrected chi connectivity index (χ0v) is 19.0. The third-order valence-electron chi connectivity index (χ3n) is 6.10. The predicted octanol–water partition coefficient (Wildman–Crippen LogP) is -1.02. The van der Waals surface area contributed by atoms with Gasteiger partial charge in [-0.15, -0.1) is 0 Å². The average molecular weight is 455 g/mol. The van der Waals surface area contributed by atoms with Crippen molar-refractivity contribution in [1.29, 1.82) is 0 Å². The first kappa shape index (κ1) is 23.4. The summed E-state index contributed by atoms with van der Waals surface area (Å²) in [6, 6.07) is 16.0. The smallest absolute Gasteiger partial charge is 0.279 e. The van der Waals surface area contributed by atoms with Gasteiger partial charge in [0.2, 0.25) is 0 Å². The fourth-order valence-electron chi connectivity index (χ4n) is 4.19. The summed E-state index contributed by atoms with van der Waals surface area (Å²) in [7, 11) is 0. The van der Waals surface area contributed by atoms with Gasteiger partial charge in [-0.05, 0) is 41.8 Å². The van der Waals surface area contributed by atoms with Crippen LogP contribution in [0.3, 0.4) is 0 Å². The molecule has 2 aromatic rings. The summed E-state index contributed by atoms with van der Waals surface area (Å²) in [6.07, 6.45) is 0.790. The van der Waals surface area contributed by atoms with Crippen LogP contribution in [0.25, 0.3) is 0 Å². The molecule has 2 fully saturated rings. The predicted molar refractivity (Wildman–Crippen MR) is 126 cm³/mol. The topological polar surface area (TPSA) is 85.5 Å². The number of amides is 2. The monoisotopic (exact) mass is 454 g/mol. The van der Waals surface area contributed by atoms with Crippen LogP contribution in [0.1, 0.15) is 11.1 Å². The highest BCUT2D eigenvalue weighted by Crippen LogP contribution is 2.16. The highest BCUT2D eigenvalue weighted by Gasteiger charge is 2.18. The number of nitrogens with one attached hydrogen (secondary N) is 4. The molecule has 4 rings (SSSR count). The maximum atomic E-state index is 12.3. The van der Waals surface area contributed by atoms with Crippen molar-refractivity contribution in [2.75, 3.05) is 76.3 Å². The maximum Gasteiger partial charge on any atom is 0.279 e. The zero-order chi connectivity index (χ0) is 22.9. The minimum Gasteiger partial charge on any atom is -0.370 e. The Hall–Kier alpha value is -2.78. The molecule has 0 saturated carbocycles. The second-order valence-electron chi connectivity index (χ2n) is 8.75. The average Bonchev–Trinajstić information content (AvgIpc) is 2.83. The van der Waals surface area contributed by atoms with E-state index in [-0.39, 0.29) is 11.8 Å². The first-order chi connectivity index (χ1) is 16.1. The number of carbonyl (C=O) groups excluding carboxylic acids is 2. The van der Waals surface area contributed by atoms with Gasteiger partial charge in [0.25, 0.3) is 11.8 Å². The quantitative estimate of drug-likeness (QED) is 0.412. The van der Waals surface area contributed by atoms with Crippen LogP contribution in [0.2, 0.25) is 0 Å². The summed E-state index contributed by atoms with van der Waals surface area (Å²) in [6.45, 7) is 7.35. The lowest BCUT2D eigenvalue weighted by Gasteiger charge is -2.23. The number of anilines is 2. The fraction of sp³-hybridized carbons (Fsp3) is 0.440. The first-order valence-corrected chi connectivity index (χ1v) is 11.7. The fourth-order valence-corrected chi connectivity index (χ4v) is 4.19. The molecule has 2 heterocycles. The zero-order valence-electron chi connectivity index (χ0n) is 19.0. The number of ether oxygens (including phenoxy) is 2. The molecular formula is C25H34N4O4+2. The van der Waals surface area contributed by atoms with Crippen molar-refractivity contribution < 1.29 is 28.9 Å². The summed E-state index contributed by atoms with van der Waals surface area (Å²) in [5.74, 6) is 0.0695. The lowest BCUT2D eigenvalue weighted by atomic mass is 10.0. The van der Waals surface area contributed by atoms with E-state index in [1.54, 1.807) is 0 Å². The Morgan fingerprint density at radius 1 is 0.636 bits per heavy atom. The second-order valence-corrected chi connectivity index (χ2v) is 8.75. The van der Waals surface area contributed by atoms with Crippen LogP contribution in [0.4, 0.5) is 11.4 Å². The number of hydrogen-bond acceptors (Lipinski definition) is 4. The third-order valence-corrected chi connectivity index (χ3v) is 6.10. The Morgan fingerprint density at radius 2 is 1.00 bits per heavy atom. The molecule has 2 aliphatic heterocycles. The van der Waals surface area contributed by atoms with E-state index in [0.717, 1.165) is 70.4 Å². The van der Waals surface area contributed by atoms with E-state index in [1.165, 1.54) is 20.9 Å². The lowest BCUT2D eigenvalue weighted by molar-refractivity contribution is -0.899. The van der Waals surface area contributed by atoms with Gasteiger partial charge in [-0.25, -0.2) is 0 Å². The Bertz CT molecular complexity index is 830. The van der Waals surface area contributed by atoms with Crippen LogP contribution in [0.15, 0.2) is 48.5 Å². The van der Waals surface area contributed by atoms with Gasteiger partial charge in [0.1, 0.15) is 26.2 Å². The molecule has 2 aromatic carbocycles. The van der Waals surface area contributed by atoms with E-state index in [0.29, 0.717) is 13.1 Å². The lowest BCUT2D eigenvalue weighted by Crippen LogP contribution is -3.15. The van der Waals surface area contributed by atoms with Gasteiger partial charge in [-0.1, -0.05) is 24.3 Å². The molecule has 0 aliphatic carbocycles. The molecule has 2 aliphatic rings. The van der Waals surface area contributed by atoms with Gasteiger partial charge >= 0.3 is 0 Å². The molecule has 8 heteroatoms. The molecule has 8 nitrogen and oxygen atoms in total. The maximum absolute atomic E-state index is 12.3. The van der Waals surface area contributed by atoms with Crippen LogP contribution in [-0.4, -0.2) is 77.5 Å². The minimum atomic E-state index is 0.0347. The summed E-state index contributed by atoms with van der Waals surface area (Å²) in [5, 5.41) is 5.97. The number of rotatable bonds is 8. The van der Waals surface area contributed by atoms with E-state index in [9.17, 15) is 9.59 Å². The number of hydrogen-bond donors (Lipinski definition) is 4. The SMILES string of the molecule is O=C(C[NH+]1CCOCC1)Nc1ccc(Cc2ccc(NC(=O)C[NH+]3CCOCC3)cc2)cc1. The van der Waals surface area contributed by atoms with Crippen molar-refractivity contribution in [2.45, 2.75) is 6.42 Å². The molecular weight excluding hydrogens is 420 g/mol. The second kappa shape index (κ2) is 11.9. The number of quaternary nitrogens is 2. The van der Waals surface area contributed by atoms with Crippen LogP contribution in [0.5, 0.6) is 0 Å². The van der Waals surface area contributed by atoms with Gasteiger partial charge in [0, 0.05) is 11.4 Å². The highest BCUT2D eigenvalue weighted by molar-refractivity contribution is 5.92. The molecule has 4 N–H and O–H groups in total. The van der Waals surface area contributed by atoms with Crippen LogP contribution in [0, 0.1) is 0 Å². The van der Waals surface area contributed by atoms with Crippen LogP contribution in [-0.2, 0) is 25.5 Å². The van der Waals surface area contributed by atoms with Gasteiger partial charge < -0.3 is 29.9 Å². The van der Waals surface area contributed by atoms with Crippen molar-refractivity contribution in [3.05, 3.63) is 59.7 Å². The van der Waals surface area contributed by atoms with Gasteiger partial charge in [0.15, 0.2) is 13.1 Å². The number of morpholine rings is 2. The third kappa shape index (κ3) is 7.64. The van der Waals surface area contributed by atoms with E-state index >= 15 is 0 Å². The van der Waals surface area contributed by atoms with Gasteiger partial charge in [-0.3, -0.25) is 9.59 Å². The molecule has 2 amide bonds. The molecule has 0 spiro atoms. The van der Waals surface area contributed by atoms with Crippen molar-refractivity contribution in [2.24, 2.45) is 0 Å². The molecule has 2 saturated heterocycles. The van der Waals surface area contributed by atoms with Crippen molar-refractivity contribution in [3.8, 4) is 0 Å². The van der Waals surface area contributed by atoms with Crippen LogP contribution < -0.4 is 20.4 Å². The molecule has 0 bridgehead atoms. The normalized spacial score (nSPS) is 17.5.